The summed E-state index contributed by atoms with van der Waals surface area (Å²) >= 11 is 0. The van der Waals surface area contributed by atoms with E-state index < -0.39 is 4.92 Å². The lowest BCUT2D eigenvalue weighted by Crippen LogP contribution is -1.91. The maximum Gasteiger partial charge on any atom is 0.272 e. The van der Waals surface area contributed by atoms with Gasteiger partial charge in [-0.1, -0.05) is 0 Å². The second-order valence-corrected chi connectivity index (χ2v) is 3.58. The van der Waals surface area contributed by atoms with Gasteiger partial charge in [0.2, 0.25) is 0 Å². The Morgan fingerprint density at radius 1 is 1.29 bits per heavy atom. The first-order valence-corrected chi connectivity index (χ1v) is 4.92. The zero-order valence-electron chi connectivity index (χ0n) is 9.04. The van der Waals surface area contributed by atoms with E-state index in [1.54, 1.807) is 31.2 Å². The van der Waals surface area contributed by atoms with Gasteiger partial charge in [0, 0.05) is 17.2 Å². The van der Waals surface area contributed by atoms with E-state index in [4.69, 9.17) is 4.42 Å². The van der Waals surface area contributed by atoms with Gasteiger partial charge in [0.15, 0.2) is 12.0 Å². The molecule has 0 unspecified atom stereocenters. The smallest absolute Gasteiger partial charge is 0.272 e. The molecule has 0 aliphatic rings. The van der Waals surface area contributed by atoms with E-state index in [1.165, 1.54) is 6.07 Å². The topological polar surface area (TPSA) is 73.3 Å². The van der Waals surface area contributed by atoms with Crippen LogP contribution < -0.4 is 0 Å². The van der Waals surface area contributed by atoms with Crippen molar-refractivity contribution >= 4 is 12.0 Å². The predicted octanol–water partition coefficient (Wildman–Crippen LogP) is 2.98. The van der Waals surface area contributed by atoms with Gasteiger partial charge in [-0.25, -0.2) is 0 Å². The van der Waals surface area contributed by atoms with Crippen LogP contribution in [0.25, 0.3) is 11.3 Å². The van der Waals surface area contributed by atoms with Gasteiger partial charge in [-0.05, 0) is 31.2 Å². The fraction of sp³-hybridized carbons (Fsp3) is 0.0833. The Labute approximate surface area is 96.8 Å². The maximum atomic E-state index is 10.7. The second-order valence-electron chi connectivity index (χ2n) is 3.58. The fourth-order valence-electron chi connectivity index (χ4n) is 1.58. The summed E-state index contributed by atoms with van der Waals surface area (Å²) in [7, 11) is 0. The molecule has 0 aliphatic heterocycles. The van der Waals surface area contributed by atoms with Crippen molar-refractivity contribution in [3.8, 4) is 11.3 Å². The lowest BCUT2D eigenvalue weighted by molar-refractivity contribution is -0.385. The summed E-state index contributed by atoms with van der Waals surface area (Å²) in [5.41, 5.74) is 1.33. The van der Waals surface area contributed by atoms with Crippen LogP contribution in [-0.2, 0) is 0 Å². The number of benzene rings is 1. The first-order chi connectivity index (χ1) is 8.11. The molecule has 0 radical (unpaired) electrons. The molecule has 2 aromatic rings. The number of rotatable bonds is 3. The standard InChI is InChI=1S/C12H9NO4/c1-8-6-9(2-4-11(8)13(15)16)12-5-3-10(7-14)17-12/h2-7H,1H3. The predicted molar refractivity (Wildman–Crippen MR) is 60.9 cm³/mol. The van der Waals surface area contributed by atoms with Crippen LogP contribution in [0, 0.1) is 17.0 Å². The molecule has 0 aliphatic carbocycles. The van der Waals surface area contributed by atoms with Crippen molar-refractivity contribution in [2.75, 3.05) is 0 Å². The largest absolute Gasteiger partial charge is 0.453 e. The normalized spacial score (nSPS) is 10.2. The lowest BCUT2D eigenvalue weighted by atomic mass is 10.1. The van der Waals surface area contributed by atoms with Gasteiger partial charge in [0.1, 0.15) is 5.76 Å². The van der Waals surface area contributed by atoms with Gasteiger partial charge in [-0.15, -0.1) is 0 Å². The van der Waals surface area contributed by atoms with Crippen molar-refractivity contribution in [3.05, 3.63) is 51.8 Å². The number of aldehydes is 1. The summed E-state index contributed by atoms with van der Waals surface area (Å²) in [4.78, 5) is 20.7. The van der Waals surface area contributed by atoms with E-state index in [0.29, 0.717) is 23.2 Å². The molecule has 5 nitrogen and oxygen atoms in total. The lowest BCUT2D eigenvalue weighted by Gasteiger charge is -2.00. The van der Waals surface area contributed by atoms with E-state index in [-0.39, 0.29) is 11.4 Å². The van der Waals surface area contributed by atoms with Crippen molar-refractivity contribution in [2.45, 2.75) is 6.92 Å². The SMILES string of the molecule is Cc1cc(-c2ccc(C=O)o2)ccc1[N+](=O)[O-]. The number of nitro benzene ring substituents is 1. The number of carbonyl (C=O) groups is 1. The molecule has 0 saturated carbocycles. The Bertz CT molecular complexity index is 586. The Balaban J connectivity index is 2.43. The van der Waals surface area contributed by atoms with Crippen molar-refractivity contribution in [1.82, 2.24) is 0 Å². The van der Waals surface area contributed by atoms with E-state index in [1.807, 2.05) is 0 Å². The van der Waals surface area contributed by atoms with Crippen LogP contribution in [0.15, 0.2) is 34.7 Å². The summed E-state index contributed by atoms with van der Waals surface area (Å²) in [6, 6.07) is 7.89. The first kappa shape index (κ1) is 11.1. The number of hydrogen-bond acceptors (Lipinski definition) is 4. The Morgan fingerprint density at radius 2 is 2.06 bits per heavy atom. The zero-order chi connectivity index (χ0) is 12.4. The molecule has 0 saturated heterocycles. The van der Waals surface area contributed by atoms with Crippen molar-refractivity contribution < 1.29 is 14.1 Å². The molecule has 0 fully saturated rings. The Hall–Kier alpha value is -2.43. The van der Waals surface area contributed by atoms with E-state index >= 15 is 0 Å². The van der Waals surface area contributed by atoms with Gasteiger partial charge < -0.3 is 4.42 Å². The molecule has 17 heavy (non-hydrogen) atoms. The molecule has 1 heterocycles. The quantitative estimate of drug-likeness (QED) is 0.462. The van der Waals surface area contributed by atoms with E-state index in [0.717, 1.165) is 0 Å². The Kier molecular flexibility index (Phi) is 2.74. The van der Waals surface area contributed by atoms with Gasteiger partial charge in [-0.2, -0.15) is 0 Å². The third-order valence-corrected chi connectivity index (χ3v) is 2.42. The number of furan rings is 1. The van der Waals surface area contributed by atoms with Gasteiger partial charge in [-0.3, -0.25) is 14.9 Å². The summed E-state index contributed by atoms with van der Waals surface area (Å²) in [5.74, 6) is 0.751. The zero-order valence-corrected chi connectivity index (χ0v) is 9.04. The van der Waals surface area contributed by atoms with Crippen LogP contribution in [-0.4, -0.2) is 11.2 Å². The van der Waals surface area contributed by atoms with E-state index in [2.05, 4.69) is 0 Å². The molecule has 86 valence electrons. The highest BCUT2D eigenvalue weighted by Crippen LogP contribution is 2.27. The molecule has 0 bridgehead atoms. The highest BCUT2D eigenvalue weighted by Gasteiger charge is 2.12. The van der Waals surface area contributed by atoms with Gasteiger partial charge in [0.05, 0.1) is 4.92 Å². The molecule has 2 rings (SSSR count). The number of nitro groups is 1. The van der Waals surface area contributed by atoms with Gasteiger partial charge >= 0.3 is 0 Å². The van der Waals surface area contributed by atoms with Crippen LogP contribution >= 0.6 is 0 Å². The fourth-order valence-corrected chi connectivity index (χ4v) is 1.58. The maximum absolute atomic E-state index is 10.7. The van der Waals surface area contributed by atoms with Crippen molar-refractivity contribution in [2.24, 2.45) is 0 Å². The minimum absolute atomic E-state index is 0.0657. The van der Waals surface area contributed by atoms with Crippen LogP contribution in [0.1, 0.15) is 16.1 Å². The van der Waals surface area contributed by atoms with Crippen LogP contribution in [0.4, 0.5) is 5.69 Å². The third-order valence-electron chi connectivity index (χ3n) is 2.42. The minimum Gasteiger partial charge on any atom is -0.453 e. The third kappa shape index (κ3) is 2.08. The molecule has 0 N–H and O–H groups in total. The monoisotopic (exact) mass is 231 g/mol. The van der Waals surface area contributed by atoms with Gasteiger partial charge in [0.25, 0.3) is 5.69 Å². The number of nitrogens with zero attached hydrogens (tertiary/aromatic N) is 1. The molecular weight excluding hydrogens is 222 g/mol. The van der Waals surface area contributed by atoms with Crippen LogP contribution in [0.5, 0.6) is 0 Å². The first-order valence-electron chi connectivity index (χ1n) is 4.92. The van der Waals surface area contributed by atoms with Crippen molar-refractivity contribution in [3.63, 3.8) is 0 Å². The highest BCUT2D eigenvalue weighted by atomic mass is 16.6. The summed E-state index contributed by atoms with van der Waals surface area (Å²) in [5, 5.41) is 10.7. The summed E-state index contributed by atoms with van der Waals surface area (Å²) < 4.78 is 5.24. The molecule has 0 spiro atoms. The molecule has 5 heteroatoms. The molecule has 0 atom stereocenters. The second kappa shape index (κ2) is 4.21. The molecule has 1 aromatic carbocycles. The average molecular weight is 231 g/mol. The van der Waals surface area contributed by atoms with Crippen LogP contribution in [0.2, 0.25) is 0 Å². The summed E-state index contributed by atoms with van der Waals surface area (Å²) in [6.07, 6.45) is 0.613. The molecule has 0 amide bonds. The molecule has 1 aromatic heterocycles. The number of hydrogen-bond donors (Lipinski definition) is 0. The van der Waals surface area contributed by atoms with Crippen molar-refractivity contribution in [1.29, 1.82) is 0 Å². The Morgan fingerprint density at radius 3 is 2.59 bits per heavy atom. The highest BCUT2D eigenvalue weighted by molar-refractivity contribution is 5.73. The summed E-state index contributed by atoms with van der Waals surface area (Å²) in [6.45, 7) is 1.66. The number of carbonyl (C=O) groups excluding carboxylic acids is 1. The number of aryl methyl sites for hydroxylation is 1. The van der Waals surface area contributed by atoms with Crippen LogP contribution in [0.3, 0.4) is 0 Å². The molecular formula is C12H9NO4. The van der Waals surface area contributed by atoms with E-state index in [9.17, 15) is 14.9 Å². The average Bonchev–Trinajstić information content (AvgIpc) is 2.76. The minimum atomic E-state index is -0.432.